The van der Waals surface area contributed by atoms with E-state index in [1.54, 1.807) is 13.0 Å². The van der Waals surface area contributed by atoms with Crippen molar-refractivity contribution in [2.45, 2.75) is 58.4 Å². The molecule has 1 heterocycles. The smallest absolute Gasteiger partial charge is 0.310 e. The van der Waals surface area contributed by atoms with Gasteiger partial charge in [-0.05, 0) is 38.2 Å². The van der Waals surface area contributed by atoms with Crippen molar-refractivity contribution < 1.29 is 19.1 Å². The zero-order valence-corrected chi connectivity index (χ0v) is 13.5. The van der Waals surface area contributed by atoms with Gasteiger partial charge in [0.2, 0.25) is 0 Å². The number of carbonyl (C=O) groups is 2. The summed E-state index contributed by atoms with van der Waals surface area (Å²) in [5, 5.41) is 12.3. The maximum absolute atomic E-state index is 12.4. The molecule has 2 aliphatic carbocycles. The molecule has 0 aromatic carbocycles. The lowest BCUT2D eigenvalue weighted by molar-refractivity contribution is -0.143. The first-order valence-corrected chi connectivity index (χ1v) is 7.78. The molecule has 120 valence electrons. The molecule has 0 radical (unpaired) electrons. The van der Waals surface area contributed by atoms with Gasteiger partial charge in [0.1, 0.15) is 11.5 Å². The molecular weight excluding hydrogens is 282 g/mol. The average Bonchev–Trinajstić information content (AvgIpc) is 2.78. The Morgan fingerprint density at radius 2 is 2.05 bits per heavy atom. The van der Waals surface area contributed by atoms with Crippen LogP contribution in [0.2, 0.25) is 0 Å². The average molecular weight is 305 g/mol. The van der Waals surface area contributed by atoms with Crippen molar-refractivity contribution in [2.75, 3.05) is 0 Å². The van der Waals surface area contributed by atoms with Gasteiger partial charge in [-0.3, -0.25) is 9.59 Å². The van der Waals surface area contributed by atoms with Crippen LogP contribution in [-0.2, 0) is 10.2 Å². The lowest BCUT2D eigenvalue weighted by Gasteiger charge is -2.15. The first-order chi connectivity index (χ1) is 10.1. The van der Waals surface area contributed by atoms with Crippen LogP contribution in [0.5, 0.6) is 0 Å². The Bertz CT molecular complexity index is 640. The molecule has 3 rings (SSSR count). The van der Waals surface area contributed by atoms with Crippen LogP contribution >= 0.6 is 0 Å². The number of hydrogen-bond acceptors (Lipinski definition) is 3. The Morgan fingerprint density at radius 3 is 2.55 bits per heavy atom. The minimum atomic E-state index is -0.719. The first-order valence-electron chi connectivity index (χ1n) is 7.78. The fraction of sp³-hybridized carbons (Fsp3) is 0.647. The zero-order valence-electron chi connectivity index (χ0n) is 13.5. The number of nitrogens with one attached hydrogen (secondary N) is 1. The fourth-order valence-corrected chi connectivity index (χ4v) is 3.61. The predicted molar refractivity (Wildman–Crippen MR) is 80.8 cm³/mol. The van der Waals surface area contributed by atoms with E-state index in [1.807, 2.05) is 20.8 Å². The monoisotopic (exact) mass is 305 g/mol. The van der Waals surface area contributed by atoms with Crippen molar-refractivity contribution in [1.29, 1.82) is 0 Å². The molecule has 2 fully saturated rings. The molecule has 5 nitrogen and oxygen atoms in total. The minimum Gasteiger partial charge on any atom is -0.481 e. The van der Waals surface area contributed by atoms with Gasteiger partial charge in [-0.1, -0.05) is 20.8 Å². The molecule has 0 aliphatic heterocycles. The van der Waals surface area contributed by atoms with Gasteiger partial charge in [0.25, 0.3) is 5.91 Å². The maximum Gasteiger partial charge on any atom is 0.310 e. The first kappa shape index (κ1) is 15.1. The third kappa shape index (κ3) is 2.32. The summed E-state index contributed by atoms with van der Waals surface area (Å²) in [6, 6.07) is 1.75. The molecule has 0 unspecified atom stereocenters. The fourth-order valence-electron chi connectivity index (χ4n) is 3.61. The summed E-state index contributed by atoms with van der Waals surface area (Å²) in [5.41, 5.74) is -0.166. The highest BCUT2D eigenvalue weighted by atomic mass is 16.4. The number of carbonyl (C=O) groups excluding carboxylic acids is 1. The Kier molecular flexibility index (Phi) is 3.17. The van der Waals surface area contributed by atoms with Gasteiger partial charge < -0.3 is 14.8 Å². The van der Waals surface area contributed by atoms with Gasteiger partial charge in [0, 0.05) is 11.5 Å². The van der Waals surface area contributed by atoms with E-state index in [-0.39, 0.29) is 23.3 Å². The van der Waals surface area contributed by atoms with Crippen LogP contribution in [0, 0.1) is 18.3 Å². The van der Waals surface area contributed by atoms with Crippen LogP contribution in [-0.4, -0.2) is 23.0 Å². The second-order valence-electron chi connectivity index (χ2n) is 7.80. The van der Waals surface area contributed by atoms with Crippen LogP contribution in [0.25, 0.3) is 0 Å². The molecule has 1 aromatic heterocycles. The summed E-state index contributed by atoms with van der Waals surface area (Å²) in [5.74, 6) is 0.739. The van der Waals surface area contributed by atoms with E-state index in [9.17, 15) is 14.7 Å². The highest BCUT2D eigenvalue weighted by Crippen LogP contribution is 2.63. The molecular formula is C17H23NO4. The van der Waals surface area contributed by atoms with Crippen molar-refractivity contribution in [3.8, 4) is 0 Å². The molecule has 0 spiro atoms. The summed E-state index contributed by atoms with van der Waals surface area (Å²) in [6.45, 7) is 7.89. The van der Waals surface area contributed by atoms with Crippen LogP contribution in [0.15, 0.2) is 10.5 Å². The Balaban J connectivity index is 1.69. The second kappa shape index (κ2) is 4.61. The Morgan fingerprint density at radius 1 is 1.36 bits per heavy atom. The summed E-state index contributed by atoms with van der Waals surface area (Å²) >= 11 is 0. The van der Waals surface area contributed by atoms with Gasteiger partial charge in [-0.25, -0.2) is 0 Å². The maximum atomic E-state index is 12.4. The summed E-state index contributed by atoms with van der Waals surface area (Å²) in [6.07, 6.45) is 2.07. The van der Waals surface area contributed by atoms with E-state index in [0.717, 1.165) is 18.6 Å². The molecule has 22 heavy (non-hydrogen) atoms. The predicted octanol–water partition coefficient (Wildman–Crippen LogP) is 2.87. The number of aliphatic carboxylic acids is 1. The number of fused-ring (bicyclic) bond motifs is 1. The summed E-state index contributed by atoms with van der Waals surface area (Å²) in [7, 11) is 0. The van der Waals surface area contributed by atoms with E-state index in [4.69, 9.17) is 4.42 Å². The van der Waals surface area contributed by atoms with Gasteiger partial charge in [-0.15, -0.1) is 0 Å². The quantitative estimate of drug-likeness (QED) is 0.900. The number of rotatable bonds is 3. The van der Waals surface area contributed by atoms with E-state index in [1.165, 1.54) is 0 Å². The van der Waals surface area contributed by atoms with E-state index >= 15 is 0 Å². The molecule has 2 aliphatic rings. The van der Waals surface area contributed by atoms with E-state index < -0.39 is 11.4 Å². The molecule has 2 saturated carbocycles. The molecule has 1 aromatic rings. The molecule has 1 amide bonds. The normalized spacial score (nSPS) is 30.0. The third-order valence-corrected chi connectivity index (χ3v) is 5.07. The number of carboxylic acids is 1. The SMILES string of the molecule is Cc1oc(C(C)(C)C)cc1C(=O)N[C@@H]1C[C@H]2C[C@@]2(C(=O)O)C1. The standard InChI is InChI=1S/C17H23NO4/c1-9-12(6-13(22-9)16(2,3)4)14(19)18-11-5-10-7-17(10,8-11)15(20)21/h6,10-11H,5,7-8H2,1-4H3,(H,18,19)(H,20,21)/t10-,11+,17+/m0/s1. The van der Waals surface area contributed by atoms with Crippen LogP contribution < -0.4 is 5.32 Å². The molecule has 5 heteroatoms. The summed E-state index contributed by atoms with van der Waals surface area (Å²) in [4.78, 5) is 23.7. The van der Waals surface area contributed by atoms with E-state index in [0.29, 0.717) is 17.7 Å². The summed E-state index contributed by atoms with van der Waals surface area (Å²) < 4.78 is 5.70. The van der Waals surface area contributed by atoms with Gasteiger partial charge >= 0.3 is 5.97 Å². The number of carboxylic acid groups (broad SMARTS) is 1. The van der Waals surface area contributed by atoms with Crippen LogP contribution in [0.3, 0.4) is 0 Å². The van der Waals surface area contributed by atoms with E-state index in [2.05, 4.69) is 5.32 Å². The van der Waals surface area contributed by atoms with Crippen molar-refractivity contribution >= 4 is 11.9 Å². The lowest BCUT2D eigenvalue weighted by atomic mass is 9.93. The number of aryl methyl sites for hydroxylation is 1. The van der Waals surface area contributed by atoms with Crippen LogP contribution in [0.4, 0.5) is 0 Å². The van der Waals surface area contributed by atoms with Gasteiger partial charge in [-0.2, -0.15) is 0 Å². The van der Waals surface area contributed by atoms with Crippen molar-refractivity contribution in [2.24, 2.45) is 11.3 Å². The van der Waals surface area contributed by atoms with Crippen LogP contribution in [0.1, 0.15) is 61.9 Å². The van der Waals surface area contributed by atoms with Gasteiger partial charge in [0.15, 0.2) is 0 Å². The number of hydrogen-bond donors (Lipinski definition) is 2. The molecule has 0 saturated heterocycles. The zero-order chi connectivity index (χ0) is 16.3. The molecule has 2 N–H and O–H groups in total. The number of amides is 1. The Labute approximate surface area is 130 Å². The highest BCUT2D eigenvalue weighted by Gasteiger charge is 2.65. The van der Waals surface area contributed by atoms with Gasteiger partial charge in [0.05, 0.1) is 11.0 Å². The topological polar surface area (TPSA) is 79.5 Å². The van der Waals surface area contributed by atoms with Crippen molar-refractivity contribution in [3.63, 3.8) is 0 Å². The second-order valence-corrected chi connectivity index (χ2v) is 7.80. The molecule has 0 bridgehead atoms. The highest BCUT2D eigenvalue weighted by molar-refractivity contribution is 5.95. The minimum absolute atomic E-state index is 0.0465. The largest absolute Gasteiger partial charge is 0.481 e. The molecule has 3 atom stereocenters. The lowest BCUT2D eigenvalue weighted by Crippen LogP contribution is -2.35. The number of furan rings is 1. The van der Waals surface area contributed by atoms with Crippen molar-refractivity contribution in [3.05, 3.63) is 23.2 Å². The van der Waals surface area contributed by atoms with Crippen molar-refractivity contribution in [1.82, 2.24) is 5.32 Å². The third-order valence-electron chi connectivity index (χ3n) is 5.07. The Hall–Kier alpha value is -1.78.